The number of halogens is 3. The summed E-state index contributed by atoms with van der Waals surface area (Å²) in [6.07, 6.45) is -4.54. The van der Waals surface area contributed by atoms with Gasteiger partial charge in [0.05, 0.1) is 11.1 Å². The summed E-state index contributed by atoms with van der Waals surface area (Å²) in [5.41, 5.74) is 1.71. The smallest absolute Gasteiger partial charge is 0.275 e. The molecule has 0 saturated heterocycles. The lowest BCUT2D eigenvalue weighted by molar-refractivity contribution is -0.140. The number of rotatable bonds is 2. The zero-order valence-corrected chi connectivity index (χ0v) is 12.9. The second-order valence-electron chi connectivity index (χ2n) is 5.58. The van der Waals surface area contributed by atoms with Gasteiger partial charge in [-0.05, 0) is 17.2 Å². The summed E-state index contributed by atoms with van der Waals surface area (Å²) in [6.45, 7) is 0. The van der Waals surface area contributed by atoms with E-state index >= 15 is 0 Å². The molecule has 0 bridgehead atoms. The molecule has 0 spiro atoms. The number of hydrogen-bond acceptors (Lipinski definition) is 2. The number of H-pyrrole nitrogens is 1. The van der Waals surface area contributed by atoms with Crippen LogP contribution in [0.5, 0.6) is 0 Å². The van der Waals surface area contributed by atoms with Crippen LogP contribution in [-0.2, 0) is 6.18 Å². The van der Waals surface area contributed by atoms with Crippen LogP contribution >= 0.6 is 0 Å². The lowest BCUT2D eigenvalue weighted by Gasteiger charge is -2.10. The van der Waals surface area contributed by atoms with Gasteiger partial charge in [-0.25, -0.2) is 4.98 Å². The van der Waals surface area contributed by atoms with Gasteiger partial charge in [0.1, 0.15) is 5.69 Å². The maximum atomic E-state index is 13.2. The Morgan fingerprint density at radius 1 is 0.800 bits per heavy atom. The topological polar surface area (TPSA) is 41.6 Å². The van der Waals surface area contributed by atoms with Crippen LogP contribution in [0.2, 0.25) is 0 Å². The second kappa shape index (κ2) is 5.73. The first-order valence-corrected chi connectivity index (χ1v) is 7.61. The third-order valence-corrected chi connectivity index (χ3v) is 3.96. The van der Waals surface area contributed by atoms with E-state index in [4.69, 9.17) is 0 Å². The lowest BCUT2D eigenvalue weighted by Crippen LogP contribution is -2.08. The average Bonchev–Trinajstić information content (AvgIpc) is 3.06. The molecular formula is C19H12F3N3. The van der Waals surface area contributed by atoms with Crippen molar-refractivity contribution in [2.75, 3.05) is 0 Å². The van der Waals surface area contributed by atoms with Crippen LogP contribution in [0.15, 0.2) is 66.7 Å². The van der Waals surface area contributed by atoms with Crippen molar-refractivity contribution in [2.45, 2.75) is 6.18 Å². The lowest BCUT2D eigenvalue weighted by atomic mass is 9.98. The summed E-state index contributed by atoms with van der Waals surface area (Å²) in [5, 5.41) is 7.43. The van der Waals surface area contributed by atoms with Gasteiger partial charge in [0.15, 0.2) is 5.65 Å². The molecule has 0 fully saturated rings. The largest absolute Gasteiger partial charge is 0.433 e. The number of aromatic nitrogens is 3. The Kier molecular flexibility index (Phi) is 3.53. The van der Waals surface area contributed by atoms with E-state index in [0.717, 1.165) is 11.6 Å². The summed E-state index contributed by atoms with van der Waals surface area (Å²) in [6, 6.07) is 19.4. The first-order valence-electron chi connectivity index (χ1n) is 7.61. The number of hydrogen-bond donors (Lipinski definition) is 1. The molecular weight excluding hydrogens is 327 g/mol. The first-order chi connectivity index (χ1) is 12.0. The summed E-state index contributed by atoms with van der Waals surface area (Å²) in [5.74, 6) is 0. The molecule has 0 atom stereocenters. The zero-order chi connectivity index (χ0) is 17.4. The monoisotopic (exact) mass is 339 g/mol. The van der Waals surface area contributed by atoms with Gasteiger partial charge in [0.25, 0.3) is 0 Å². The fourth-order valence-corrected chi connectivity index (χ4v) is 2.83. The van der Waals surface area contributed by atoms with Gasteiger partial charge in [-0.1, -0.05) is 60.7 Å². The van der Waals surface area contributed by atoms with Crippen molar-refractivity contribution in [3.8, 4) is 22.4 Å². The summed E-state index contributed by atoms with van der Waals surface area (Å²) in [7, 11) is 0. The second-order valence-corrected chi connectivity index (χ2v) is 5.58. The maximum absolute atomic E-state index is 13.2. The van der Waals surface area contributed by atoms with Gasteiger partial charge in [-0.15, -0.1) is 0 Å². The minimum Gasteiger partial charge on any atom is -0.275 e. The third kappa shape index (κ3) is 2.76. The number of fused-ring (bicyclic) bond motifs is 1. The molecule has 4 rings (SSSR count). The Morgan fingerprint density at radius 3 is 2.00 bits per heavy atom. The van der Waals surface area contributed by atoms with Crippen LogP contribution in [0.25, 0.3) is 33.4 Å². The summed E-state index contributed by atoms with van der Waals surface area (Å²) in [4.78, 5) is 3.71. The number of nitrogens with one attached hydrogen (secondary N) is 1. The highest BCUT2D eigenvalue weighted by Crippen LogP contribution is 2.38. The fraction of sp³-hybridized carbons (Fsp3) is 0.0526. The van der Waals surface area contributed by atoms with E-state index in [-0.39, 0.29) is 5.65 Å². The minimum atomic E-state index is -4.54. The highest BCUT2D eigenvalue weighted by molar-refractivity contribution is 6.02. The Labute approximate surface area is 141 Å². The Balaban J connectivity index is 2.06. The molecule has 3 nitrogen and oxygen atoms in total. The molecule has 0 aliphatic carbocycles. The molecule has 0 aliphatic rings. The average molecular weight is 339 g/mol. The molecule has 0 saturated carbocycles. The number of benzene rings is 2. The molecule has 2 aromatic carbocycles. The van der Waals surface area contributed by atoms with E-state index < -0.39 is 11.9 Å². The number of alkyl halides is 3. The van der Waals surface area contributed by atoms with Crippen LogP contribution in [0.4, 0.5) is 13.2 Å². The van der Waals surface area contributed by atoms with Crippen LogP contribution < -0.4 is 0 Å². The van der Waals surface area contributed by atoms with Crippen molar-refractivity contribution in [1.29, 1.82) is 0 Å². The van der Waals surface area contributed by atoms with E-state index in [9.17, 15) is 13.2 Å². The Bertz CT molecular complexity index is 1020. The van der Waals surface area contributed by atoms with E-state index in [1.54, 1.807) is 24.3 Å². The Morgan fingerprint density at radius 2 is 1.40 bits per heavy atom. The molecule has 4 aromatic rings. The van der Waals surface area contributed by atoms with Crippen molar-refractivity contribution >= 4 is 11.0 Å². The fourth-order valence-electron chi connectivity index (χ4n) is 2.83. The quantitative estimate of drug-likeness (QED) is 0.538. The van der Waals surface area contributed by atoms with Crippen LogP contribution in [0.3, 0.4) is 0 Å². The molecule has 124 valence electrons. The SMILES string of the molecule is FC(F)(F)c1cc(-c2ccccc2)c2c(-c3ccccc3)[nH]nc2n1. The molecule has 1 N–H and O–H groups in total. The normalized spacial score (nSPS) is 11.8. The molecule has 0 unspecified atom stereocenters. The highest BCUT2D eigenvalue weighted by atomic mass is 19.4. The van der Waals surface area contributed by atoms with E-state index in [1.165, 1.54) is 0 Å². The number of aromatic amines is 1. The molecule has 0 radical (unpaired) electrons. The third-order valence-electron chi connectivity index (χ3n) is 3.96. The van der Waals surface area contributed by atoms with Crippen molar-refractivity contribution in [3.63, 3.8) is 0 Å². The van der Waals surface area contributed by atoms with Crippen molar-refractivity contribution < 1.29 is 13.2 Å². The number of pyridine rings is 1. The van der Waals surface area contributed by atoms with E-state index in [2.05, 4.69) is 15.2 Å². The molecule has 0 amide bonds. The highest BCUT2D eigenvalue weighted by Gasteiger charge is 2.34. The van der Waals surface area contributed by atoms with Crippen molar-refractivity contribution in [3.05, 3.63) is 72.4 Å². The minimum absolute atomic E-state index is 0.0486. The van der Waals surface area contributed by atoms with Crippen LogP contribution in [0.1, 0.15) is 5.69 Å². The predicted molar refractivity (Wildman–Crippen MR) is 89.8 cm³/mol. The zero-order valence-electron chi connectivity index (χ0n) is 12.9. The van der Waals surface area contributed by atoms with Gasteiger partial charge in [0, 0.05) is 5.56 Å². The van der Waals surface area contributed by atoms with E-state index in [1.807, 2.05) is 36.4 Å². The summed E-state index contributed by atoms with van der Waals surface area (Å²) >= 11 is 0. The molecule has 2 heterocycles. The van der Waals surface area contributed by atoms with Crippen molar-refractivity contribution in [1.82, 2.24) is 15.2 Å². The van der Waals surface area contributed by atoms with Crippen molar-refractivity contribution in [2.24, 2.45) is 0 Å². The molecule has 2 aromatic heterocycles. The summed E-state index contributed by atoms with van der Waals surface area (Å²) < 4.78 is 39.7. The van der Waals surface area contributed by atoms with Crippen LogP contribution in [0, 0.1) is 0 Å². The maximum Gasteiger partial charge on any atom is 0.433 e. The molecule has 25 heavy (non-hydrogen) atoms. The predicted octanol–water partition coefficient (Wildman–Crippen LogP) is 5.31. The van der Waals surface area contributed by atoms with E-state index in [0.29, 0.717) is 22.2 Å². The van der Waals surface area contributed by atoms with Gasteiger partial charge in [0.2, 0.25) is 0 Å². The molecule has 0 aliphatic heterocycles. The standard InChI is InChI=1S/C19H12F3N3/c20-19(21,22)15-11-14(12-7-3-1-4-8-12)16-17(24-25-18(16)23-15)13-9-5-2-6-10-13/h1-11H,(H,23,24,25). The Hall–Kier alpha value is -3.15. The van der Waals surface area contributed by atoms with Crippen LogP contribution in [-0.4, -0.2) is 15.2 Å². The van der Waals surface area contributed by atoms with Gasteiger partial charge in [-0.3, -0.25) is 5.10 Å². The first kappa shape index (κ1) is 15.4. The molecule has 6 heteroatoms. The van der Waals surface area contributed by atoms with Gasteiger partial charge < -0.3 is 0 Å². The number of nitrogens with zero attached hydrogens (tertiary/aromatic N) is 2. The van der Waals surface area contributed by atoms with Gasteiger partial charge >= 0.3 is 6.18 Å². The van der Waals surface area contributed by atoms with Gasteiger partial charge in [-0.2, -0.15) is 18.3 Å².